The zero-order valence-corrected chi connectivity index (χ0v) is 13.1. The number of carbonyl (C=O) groups is 2. The number of rotatable bonds is 8. The lowest BCUT2D eigenvalue weighted by atomic mass is 10.1. The van der Waals surface area contributed by atoms with Gasteiger partial charge in [0, 0.05) is 23.9 Å². The Bertz CT molecular complexity index is 710. The first-order valence-corrected chi connectivity index (χ1v) is 7.62. The third-order valence-corrected chi connectivity index (χ3v) is 3.20. The monoisotopic (exact) mass is 325 g/mol. The summed E-state index contributed by atoms with van der Waals surface area (Å²) in [6.07, 6.45) is 3.59. The minimum absolute atomic E-state index is 0.501. The van der Waals surface area contributed by atoms with Crippen LogP contribution in [0.5, 0.6) is 5.75 Å². The summed E-state index contributed by atoms with van der Waals surface area (Å²) in [5, 5.41) is 11.1. The zero-order valence-electron chi connectivity index (χ0n) is 13.1. The molecule has 0 aliphatic carbocycles. The highest BCUT2D eigenvalue weighted by atomic mass is 16.5. The van der Waals surface area contributed by atoms with Gasteiger partial charge in [-0.25, -0.2) is 4.79 Å². The van der Waals surface area contributed by atoms with Gasteiger partial charge in [0.2, 0.25) is 5.91 Å². The maximum Gasteiger partial charge on any atom is 0.328 e. The Morgan fingerprint density at radius 1 is 1.04 bits per heavy atom. The second-order valence-electron chi connectivity index (χ2n) is 5.13. The average molecular weight is 325 g/mol. The van der Waals surface area contributed by atoms with Crippen LogP contribution in [0.3, 0.4) is 0 Å². The quantitative estimate of drug-likeness (QED) is 0.577. The third-order valence-electron chi connectivity index (χ3n) is 3.20. The SMILES string of the molecule is O=C(O)/C=C/C(=O)Nc1cccc(OCCCc2ccccc2)c1. The molecule has 2 aromatic rings. The molecule has 0 bridgehead atoms. The predicted octanol–water partition coefficient (Wildman–Crippen LogP) is 3.28. The Kier molecular flexibility index (Phi) is 6.58. The van der Waals surface area contributed by atoms with Gasteiger partial charge in [-0.05, 0) is 30.5 Å². The number of benzene rings is 2. The summed E-state index contributed by atoms with van der Waals surface area (Å²) >= 11 is 0. The second-order valence-corrected chi connectivity index (χ2v) is 5.13. The number of carbonyl (C=O) groups excluding carboxylic acids is 1. The van der Waals surface area contributed by atoms with Gasteiger partial charge in [0.1, 0.15) is 5.75 Å². The molecule has 1 amide bonds. The minimum Gasteiger partial charge on any atom is -0.494 e. The van der Waals surface area contributed by atoms with Gasteiger partial charge in [-0.1, -0.05) is 36.4 Å². The van der Waals surface area contributed by atoms with Crippen LogP contribution >= 0.6 is 0 Å². The summed E-state index contributed by atoms with van der Waals surface area (Å²) in [5.74, 6) is -1.01. The molecule has 0 saturated heterocycles. The van der Waals surface area contributed by atoms with Gasteiger partial charge in [0.15, 0.2) is 0 Å². The zero-order chi connectivity index (χ0) is 17.2. The smallest absolute Gasteiger partial charge is 0.328 e. The number of carboxylic acid groups (broad SMARTS) is 1. The highest BCUT2D eigenvalue weighted by Gasteiger charge is 2.01. The van der Waals surface area contributed by atoms with E-state index in [0.717, 1.165) is 25.0 Å². The van der Waals surface area contributed by atoms with Gasteiger partial charge in [0.25, 0.3) is 0 Å². The topological polar surface area (TPSA) is 75.6 Å². The van der Waals surface area contributed by atoms with Crippen LogP contribution in [0, 0.1) is 0 Å². The van der Waals surface area contributed by atoms with Crippen molar-refractivity contribution in [3.8, 4) is 5.75 Å². The van der Waals surface area contributed by atoms with Gasteiger partial charge in [0.05, 0.1) is 6.61 Å². The van der Waals surface area contributed by atoms with E-state index in [9.17, 15) is 9.59 Å². The summed E-state index contributed by atoms with van der Waals surface area (Å²) in [7, 11) is 0. The molecule has 2 rings (SSSR count). The van der Waals surface area contributed by atoms with Gasteiger partial charge >= 0.3 is 5.97 Å². The van der Waals surface area contributed by atoms with E-state index < -0.39 is 11.9 Å². The normalized spacial score (nSPS) is 10.5. The summed E-state index contributed by atoms with van der Waals surface area (Å²) in [6, 6.07) is 17.2. The van der Waals surface area contributed by atoms with E-state index in [1.807, 2.05) is 24.3 Å². The lowest BCUT2D eigenvalue weighted by Crippen LogP contribution is -2.09. The predicted molar refractivity (Wildman–Crippen MR) is 92.1 cm³/mol. The van der Waals surface area contributed by atoms with Crippen LogP contribution in [0.4, 0.5) is 5.69 Å². The van der Waals surface area contributed by atoms with Gasteiger partial charge in [-0.15, -0.1) is 0 Å². The van der Waals surface area contributed by atoms with Crippen molar-refractivity contribution in [3.63, 3.8) is 0 Å². The molecule has 0 fully saturated rings. The van der Waals surface area contributed by atoms with E-state index in [0.29, 0.717) is 18.0 Å². The van der Waals surface area contributed by atoms with E-state index >= 15 is 0 Å². The molecule has 5 heteroatoms. The average Bonchev–Trinajstić information content (AvgIpc) is 2.58. The first-order chi connectivity index (χ1) is 11.6. The van der Waals surface area contributed by atoms with Crippen LogP contribution in [0.1, 0.15) is 12.0 Å². The fourth-order valence-electron chi connectivity index (χ4n) is 2.11. The molecule has 0 aromatic heterocycles. The van der Waals surface area contributed by atoms with Crippen molar-refractivity contribution in [1.29, 1.82) is 0 Å². The second kappa shape index (κ2) is 9.15. The van der Waals surface area contributed by atoms with E-state index in [1.54, 1.807) is 18.2 Å². The first kappa shape index (κ1) is 17.3. The number of nitrogens with one attached hydrogen (secondary N) is 1. The Labute approximate surface area is 140 Å². The lowest BCUT2D eigenvalue weighted by molar-refractivity contribution is -0.131. The lowest BCUT2D eigenvalue weighted by Gasteiger charge is -2.08. The summed E-state index contributed by atoms with van der Waals surface area (Å²) in [6.45, 7) is 0.575. The number of ether oxygens (including phenoxy) is 1. The molecule has 5 nitrogen and oxygen atoms in total. The number of hydrogen-bond donors (Lipinski definition) is 2. The van der Waals surface area contributed by atoms with Crippen molar-refractivity contribution < 1.29 is 19.4 Å². The van der Waals surface area contributed by atoms with Crippen molar-refractivity contribution in [3.05, 3.63) is 72.3 Å². The molecule has 24 heavy (non-hydrogen) atoms. The Morgan fingerprint density at radius 2 is 1.83 bits per heavy atom. The van der Waals surface area contributed by atoms with Crippen molar-refractivity contribution in [2.75, 3.05) is 11.9 Å². The van der Waals surface area contributed by atoms with Crippen LogP contribution in [-0.4, -0.2) is 23.6 Å². The summed E-state index contributed by atoms with van der Waals surface area (Å²) in [4.78, 5) is 21.9. The van der Waals surface area contributed by atoms with E-state index in [2.05, 4.69) is 17.4 Å². The van der Waals surface area contributed by atoms with E-state index in [-0.39, 0.29) is 0 Å². The van der Waals surface area contributed by atoms with Gasteiger partial charge < -0.3 is 15.2 Å². The number of carboxylic acids is 1. The largest absolute Gasteiger partial charge is 0.494 e. The molecule has 2 aromatic carbocycles. The summed E-state index contributed by atoms with van der Waals surface area (Å²) in [5.41, 5.74) is 1.82. The van der Waals surface area contributed by atoms with Crippen LogP contribution in [0.15, 0.2) is 66.7 Å². The number of aliphatic carboxylic acids is 1. The molecule has 0 heterocycles. The van der Waals surface area contributed by atoms with Crippen LogP contribution in [0.25, 0.3) is 0 Å². The number of hydrogen-bond acceptors (Lipinski definition) is 3. The standard InChI is InChI=1S/C19H19NO4/c21-18(11-12-19(22)23)20-16-9-4-10-17(14-16)24-13-5-8-15-6-2-1-3-7-15/h1-4,6-7,9-12,14H,5,8,13H2,(H,20,21)(H,22,23)/b12-11+. The molecular formula is C19H19NO4. The number of amides is 1. The molecular weight excluding hydrogens is 306 g/mol. The fraction of sp³-hybridized carbons (Fsp3) is 0.158. The van der Waals surface area contributed by atoms with Gasteiger partial charge in [-0.2, -0.15) is 0 Å². The molecule has 0 saturated carbocycles. The Hall–Kier alpha value is -3.08. The highest BCUT2D eigenvalue weighted by Crippen LogP contribution is 2.17. The van der Waals surface area contributed by atoms with Gasteiger partial charge in [-0.3, -0.25) is 4.79 Å². The molecule has 0 radical (unpaired) electrons. The third kappa shape index (κ3) is 6.36. The Morgan fingerprint density at radius 3 is 2.58 bits per heavy atom. The van der Waals surface area contributed by atoms with E-state index in [1.165, 1.54) is 5.56 Å². The number of anilines is 1. The maximum absolute atomic E-state index is 11.5. The molecule has 0 aliphatic rings. The Balaban J connectivity index is 1.79. The molecule has 2 N–H and O–H groups in total. The van der Waals surface area contributed by atoms with Crippen LogP contribution in [-0.2, 0) is 16.0 Å². The van der Waals surface area contributed by atoms with Crippen molar-refractivity contribution in [2.45, 2.75) is 12.8 Å². The van der Waals surface area contributed by atoms with Crippen molar-refractivity contribution in [1.82, 2.24) is 0 Å². The molecule has 0 atom stereocenters. The molecule has 0 unspecified atom stereocenters. The number of aryl methyl sites for hydroxylation is 1. The molecule has 124 valence electrons. The van der Waals surface area contributed by atoms with Crippen LogP contribution in [0.2, 0.25) is 0 Å². The fourth-order valence-corrected chi connectivity index (χ4v) is 2.11. The highest BCUT2D eigenvalue weighted by molar-refractivity contribution is 6.02. The minimum atomic E-state index is -1.17. The van der Waals surface area contributed by atoms with E-state index in [4.69, 9.17) is 9.84 Å². The summed E-state index contributed by atoms with van der Waals surface area (Å²) < 4.78 is 5.68. The molecule has 0 aliphatic heterocycles. The molecule has 0 spiro atoms. The van der Waals surface area contributed by atoms with Crippen molar-refractivity contribution >= 4 is 17.6 Å². The first-order valence-electron chi connectivity index (χ1n) is 7.62. The maximum atomic E-state index is 11.5. The van der Waals surface area contributed by atoms with Crippen molar-refractivity contribution in [2.24, 2.45) is 0 Å². The van der Waals surface area contributed by atoms with Crippen LogP contribution < -0.4 is 10.1 Å².